The average Bonchev–Trinajstić information content (AvgIpc) is 3.78. The maximum absolute atomic E-state index is 14.1. The molecule has 208 valence electrons. The number of nitrogens with zero attached hydrogens (tertiary/aromatic N) is 4. The second kappa shape index (κ2) is 11.2. The first kappa shape index (κ1) is 26.2. The molecule has 9 nitrogen and oxygen atoms in total. The third-order valence-electron chi connectivity index (χ3n) is 8.71. The molecule has 1 saturated heterocycles. The molecule has 9 heteroatoms. The van der Waals surface area contributed by atoms with Gasteiger partial charge < -0.3 is 15.2 Å². The van der Waals surface area contributed by atoms with Crippen LogP contribution < -0.4 is 10.9 Å². The predicted molar refractivity (Wildman–Crippen MR) is 151 cm³/mol. The summed E-state index contributed by atoms with van der Waals surface area (Å²) < 4.78 is 7.09. The molecular weight excluding hydrogens is 494 g/mol. The molecule has 1 aromatic carbocycles. The summed E-state index contributed by atoms with van der Waals surface area (Å²) in [6.07, 6.45) is 8.53. The van der Waals surface area contributed by atoms with Gasteiger partial charge in [-0.15, -0.1) is 0 Å². The lowest BCUT2D eigenvalue weighted by Gasteiger charge is -2.31. The number of pyridine rings is 1. The Kier molecular flexibility index (Phi) is 7.53. The van der Waals surface area contributed by atoms with Gasteiger partial charge in [0.2, 0.25) is 5.95 Å². The number of fused-ring (bicyclic) bond motifs is 3. The largest absolute Gasteiger partial charge is 0.466 e. The van der Waals surface area contributed by atoms with E-state index in [0.29, 0.717) is 42.3 Å². The molecular formula is C30H39N5O4. The van der Waals surface area contributed by atoms with Crippen molar-refractivity contribution < 1.29 is 14.6 Å². The Labute approximate surface area is 228 Å². The molecule has 2 N–H and O–H groups in total. The molecule has 2 aromatic heterocycles. The highest BCUT2D eigenvalue weighted by Crippen LogP contribution is 2.33. The monoisotopic (exact) mass is 533 g/mol. The maximum Gasteiger partial charge on any atom is 0.309 e. The van der Waals surface area contributed by atoms with E-state index in [1.165, 1.54) is 12.8 Å². The molecule has 2 saturated carbocycles. The number of aromatic nitrogens is 3. The van der Waals surface area contributed by atoms with Crippen LogP contribution in [0.2, 0.25) is 0 Å². The minimum Gasteiger partial charge on any atom is -0.466 e. The minimum atomic E-state index is -0.298. The van der Waals surface area contributed by atoms with Gasteiger partial charge in [-0.1, -0.05) is 12.1 Å². The van der Waals surface area contributed by atoms with Crippen LogP contribution >= 0.6 is 0 Å². The van der Waals surface area contributed by atoms with E-state index < -0.39 is 0 Å². The van der Waals surface area contributed by atoms with Gasteiger partial charge in [-0.05, 0) is 94.3 Å². The molecule has 1 aliphatic heterocycles. The van der Waals surface area contributed by atoms with Crippen LogP contribution in [0.5, 0.6) is 0 Å². The van der Waals surface area contributed by atoms with Crippen molar-refractivity contribution in [1.29, 1.82) is 0 Å². The number of benzene rings is 1. The van der Waals surface area contributed by atoms with Crippen molar-refractivity contribution in [2.24, 2.45) is 11.8 Å². The van der Waals surface area contributed by atoms with Crippen LogP contribution in [0.25, 0.3) is 21.8 Å². The lowest BCUT2D eigenvalue weighted by molar-refractivity contribution is -0.149. The first-order valence-corrected chi connectivity index (χ1v) is 14.6. The van der Waals surface area contributed by atoms with E-state index in [0.717, 1.165) is 68.2 Å². The van der Waals surface area contributed by atoms with E-state index in [1.54, 1.807) is 0 Å². The molecule has 0 amide bonds. The number of carbonyl (C=O) groups is 1. The van der Waals surface area contributed by atoms with Crippen LogP contribution in [0.15, 0.2) is 29.2 Å². The van der Waals surface area contributed by atoms with Gasteiger partial charge in [0.15, 0.2) is 0 Å². The predicted octanol–water partition coefficient (Wildman–Crippen LogP) is 4.02. The number of ether oxygens (including phenoxy) is 1. The van der Waals surface area contributed by atoms with Crippen LogP contribution in [0.4, 0.5) is 5.95 Å². The van der Waals surface area contributed by atoms with Gasteiger partial charge >= 0.3 is 5.97 Å². The number of aliphatic hydroxyl groups is 1. The fourth-order valence-corrected chi connectivity index (χ4v) is 6.22. The van der Waals surface area contributed by atoms with Gasteiger partial charge in [-0.3, -0.25) is 19.1 Å². The van der Waals surface area contributed by atoms with Crippen LogP contribution in [0.3, 0.4) is 0 Å². The highest BCUT2D eigenvalue weighted by Gasteiger charge is 2.28. The fraction of sp³-hybridized carbons (Fsp3) is 0.600. The van der Waals surface area contributed by atoms with Crippen molar-refractivity contribution in [3.63, 3.8) is 0 Å². The summed E-state index contributed by atoms with van der Waals surface area (Å²) in [6, 6.07) is 6.17. The number of carbonyl (C=O) groups excluding carboxylic acids is 1. The van der Waals surface area contributed by atoms with Gasteiger partial charge in [0.25, 0.3) is 5.56 Å². The van der Waals surface area contributed by atoms with Crippen molar-refractivity contribution in [1.82, 2.24) is 19.4 Å². The molecule has 0 unspecified atom stereocenters. The van der Waals surface area contributed by atoms with Crippen LogP contribution in [0.1, 0.15) is 69.9 Å². The lowest BCUT2D eigenvalue weighted by atomic mass is 9.92. The number of nitrogens with one attached hydrogen (secondary N) is 1. The number of likely N-dealkylation sites (tertiary alicyclic amines) is 1. The molecule has 2 aliphatic carbocycles. The quantitative estimate of drug-likeness (QED) is 0.330. The van der Waals surface area contributed by atoms with Gasteiger partial charge in [0.1, 0.15) is 5.65 Å². The molecule has 39 heavy (non-hydrogen) atoms. The Morgan fingerprint density at radius 1 is 1.05 bits per heavy atom. The summed E-state index contributed by atoms with van der Waals surface area (Å²) in [5.74, 6) is 1.16. The third-order valence-corrected chi connectivity index (χ3v) is 8.71. The van der Waals surface area contributed by atoms with E-state index in [-0.39, 0.29) is 29.6 Å². The number of hydrogen-bond donors (Lipinski definition) is 2. The zero-order valence-corrected chi connectivity index (χ0v) is 22.8. The fourth-order valence-electron chi connectivity index (χ4n) is 6.22. The van der Waals surface area contributed by atoms with E-state index in [2.05, 4.69) is 21.3 Å². The summed E-state index contributed by atoms with van der Waals surface area (Å²) in [7, 11) is 0. The smallest absolute Gasteiger partial charge is 0.309 e. The summed E-state index contributed by atoms with van der Waals surface area (Å²) in [5, 5.41) is 15.9. The number of hydrogen-bond acceptors (Lipinski definition) is 8. The Balaban J connectivity index is 1.31. The summed E-state index contributed by atoms with van der Waals surface area (Å²) in [4.78, 5) is 38.0. The molecule has 3 heterocycles. The summed E-state index contributed by atoms with van der Waals surface area (Å²) in [5.41, 5.74) is 1.74. The number of esters is 1. The molecule has 0 bridgehead atoms. The Bertz CT molecular complexity index is 1400. The van der Waals surface area contributed by atoms with Crippen LogP contribution in [-0.2, 0) is 16.1 Å². The second-order valence-electron chi connectivity index (χ2n) is 11.6. The molecule has 0 atom stereocenters. The van der Waals surface area contributed by atoms with Gasteiger partial charge in [-0.2, -0.15) is 4.98 Å². The van der Waals surface area contributed by atoms with Gasteiger partial charge in [0.05, 0.1) is 18.6 Å². The van der Waals surface area contributed by atoms with Crippen molar-refractivity contribution in [3.8, 4) is 0 Å². The highest BCUT2D eigenvalue weighted by atomic mass is 16.5. The summed E-state index contributed by atoms with van der Waals surface area (Å²) in [6.45, 7) is 5.53. The summed E-state index contributed by atoms with van der Waals surface area (Å²) >= 11 is 0. The lowest BCUT2D eigenvalue weighted by Crippen LogP contribution is -2.36. The molecule has 0 spiro atoms. The topological polar surface area (TPSA) is 110 Å². The zero-order valence-electron chi connectivity index (χ0n) is 22.8. The first-order valence-electron chi connectivity index (χ1n) is 14.6. The van der Waals surface area contributed by atoms with Crippen LogP contribution in [0, 0.1) is 11.8 Å². The Morgan fingerprint density at radius 3 is 2.54 bits per heavy atom. The Hall–Kier alpha value is -3.04. The van der Waals surface area contributed by atoms with Crippen molar-refractivity contribution in [2.45, 2.75) is 77.0 Å². The average molecular weight is 534 g/mol. The van der Waals surface area contributed by atoms with E-state index in [4.69, 9.17) is 9.72 Å². The van der Waals surface area contributed by atoms with E-state index >= 15 is 0 Å². The molecule has 6 rings (SSSR count). The van der Waals surface area contributed by atoms with Crippen molar-refractivity contribution in [3.05, 3.63) is 40.3 Å². The molecule has 3 aliphatic rings. The van der Waals surface area contributed by atoms with Crippen molar-refractivity contribution >= 4 is 33.7 Å². The zero-order chi connectivity index (χ0) is 26.9. The third kappa shape index (κ3) is 5.65. The first-order chi connectivity index (χ1) is 19.0. The van der Waals surface area contributed by atoms with Crippen LogP contribution in [-0.4, -0.2) is 62.9 Å². The normalized spacial score (nSPS) is 22.8. The van der Waals surface area contributed by atoms with E-state index in [9.17, 15) is 14.7 Å². The number of rotatable bonds is 8. The van der Waals surface area contributed by atoms with Crippen molar-refractivity contribution in [2.75, 3.05) is 31.6 Å². The SMILES string of the molecule is CCOC(=O)C1CCN(Cc2ccc3c(c2)c(=O)n([C@H]2CC[C@H](O)CC2)c2nc(NCC4CC4)ncc32)CC1. The van der Waals surface area contributed by atoms with Gasteiger partial charge in [-0.25, -0.2) is 4.98 Å². The van der Waals surface area contributed by atoms with Gasteiger partial charge in [0, 0.05) is 36.1 Å². The molecule has 0 radical (unpaired) electrons. The second-order valence-corrected chi connectivity index (χ2v) is 11.6. The Morgan fingerprint density at radius 2 is 1.82 bits per heavy atom. The minimum absolute atomic E-state index is 0.00421. The van der Waals surface area contributed by atoms with E-state index in [1.807, 2.05) is 29.8 Å². The number of anilines is 1. The number of piperidine rings is 1. The molecule has 3 fully saturated rings. The highest BCUT2D eigenvalue weighted by molar-refractivity contribution is 6.04. The maximum atomic E-state index is 14.1. The number of aliphatic hydroxyl groups excluding tert-OH is 1. The standard InChI is InChI=1S/C30H39N5O4/c1-2-39-29(38)21-11-13-34(14-12-21)18-20-5-10-24-25(15-20)28(37)35(22-6-8-23(36)9-7-22)27-26(24)17-32-30(33-27)31-16-19-3-4-19/h5,10,15,17,19,21-23,36H,2-4,6-9,11-14,16,18H2,1H3,(H,31,32,33)/t22-,23-. The molecule has 3 aromatic rings.